The molecule has 1 aliphatic carbocycles. The largest absolute Gasteiger partial charge is 0.496 e. The molecule has 1 aliphatic heterocycles. The van der Waals surface area contributed by atoms with Gasteiger partial charge in [0.25, 0.3) is 11.8 Å². The standard InChI is InChI=1S/C17H20N2O5/c1-17(2,3)10-7-9(11(20)8-12(10)24-6)13-14(21)18(4)16(23)19(5)15(13)22/h7-8H,1-6H3. The van der Waals surface area contributed by atoms with Gasteiger partial charge in [0, 0.05) is 31.3 Å². The summed E-state index contributed by atoms with van der Waals surface area (Å²) in [7, 11) is 3.99. The molecule has 0 N–H and O–H groups in total. The highest BCUT2D eigenvalue weighted by molar-refractivity contribution is 6.32. The molecule has 2 aliphatic rings. The fraction of sp³-hybridized carbons (Fsp3) is 0.412. The second-order valence-electron chi connectivity index (χ2n) is 6.68. The number of hydrogen-bond acceptors (Lipinski definition) is 5. The Morgan fingerprint density at radius 1 is 0.917 bits per heavy atom. The van der Waals surface area contributed by atoms with Crippen molar-refractivity contribution in [1.82, 2.24) is 9.80 Å². The Bertz CT molecular complexity index is 723. The van der Waals surface area contributed by atoms with E-state index in [9.17, 15) is 19.2 Å². The lowest BCUT2D eigenvalue weighted by molar-refractivity contribution is -0.134. The molecular formula is C17H20N2O5. The summed E-state index contributed by atoms with van der Waals surface area (Å²) in [5.41, 5.74) is -0.0162. The zero-order valence-electron chi connectivity index (χ0n) is 14.6. The van der Waals surface area contributed by atoms with Gasteiger partial charge in [-0.15, -0.1) is 0 Å². The number of carbonyl (C=O) groups is 4. The van der Waals surface area contributed by atoms with Crippen molar-refractivity contribution in [2.75, 3.05) is 21.2 Å². The number of ether oxygens (including phenoxy) is 1. The summed E-state index contributed by atoms with van der Waals surface area (Å²) in [5, 5.41) is 0. The van der Waals surface area contributed by atoms with Crippen molar-refractivity contribution in [2.24, 2.45) is 5.41 Å². The van der Waals surface area contributed by atoms with E-state index in [1.165, 1.54) is 33.4 Å². The molecule has 7 heteroatoms. The molecule has 128 valence electrons. The van der Waals surface area contributed by atoms with E-state index in [0.29, 0.717) is 11.3 Å². The molecule has 0 unspecified atom stereocenters. The van der Waals surface area contributed by atoms with E-state index in [1.807, 2.05) is 20.8 Å². The van der Waals surface area contributed by atoms with E-state index in [1.54, 1.807) is 0 Å². The smallest absolute Gasteiger partial charge is 0.333 e. The zero-order chi connectivity index (χ0) is 18.4. The summed E-state index contributed by atoms with van der Waals surface area (Å²) in [5.74, 6) is -1.69. The number of methoxy groups -OCH3 is 1. The van der Waals surface area contributed by atoms with Crippen LogP contribution in [0.4, 0.5) is 4.79 Å². The number of ketones is 1. The van der Waals surface area contributed by atoms with Crippen LogP contribution in [0.15, 0.2) is 34.6 Å². The van der Waals surface area contributed by atoms with Gasteiger partial charge in [-0.25, -0.2) is 4.79 Å². The molecule has 0 aromatic heterocycles. The monoisotopic (exact) mass is 332 g/mol. The number of carbonyl (C=O) groups excluding carboxylic acids is 4. The summed E-state index contributed by atoms with van der Waals surface area (Å²) < 4.78 is 5.25. The Kier molecular flexibility index (Phi) is 4.22. The first-order valence-electron chi connectivity index (χ1n) is 7.37. The Hall–Kier alpha value is -2.70. The third kappa shape index (κ3) is 2.66. The topological polar surface area (TPSA) is 84.0 Å². The van der Waals surface area contributed by atoms with E-state index >= 15 is 0 Å². The summed E-state index contributed by atoms with van der Waals surface area (Å²) in [6.07, 6.45) is 2.77. The van der Waals surface area contributed by atoms with E-state index in [0.717, 1.165) is 9.80 Å². The van der Waals surface area contributed by atoms with Crippen molar-refractivity contribution in [3.63, 3.8) is 0 Å². The van der Waals surface area contributed by atoms with E-state index < -0.39 is 23.6 Å². The highest BCUT2D eigenvalue weighted by atomic mass is 16.5. The van der Waals surface area contributed by atoms with Gasteiger partial charge in [-0.05, 0) is 11.5 Å². The van der Waals surface area contributed by atoms with Crippen molar-refractivity contribution in [3.8, 4) is 0 Å². The highest BCUT2D eigenvalue weighted by Crippen LogP contribution is 2.36. The maximum absolute atomic E-state index is 12.4. The van der Waals surface area contributed by atoms with Crippen LogP contribution in [0, 0.1) is 5.41 Å². The highest BCUT2D eigenvalue weighted by Gasteiger charge is 2.41. The zero-order valence-corrected chi connectivity index (χ0v) is 14.6. The van der Waals surface area contributed by atoms with Crippen LogP contribution < -0.4 is 0 Å². The summed E-state index contributed by atoms with van der Waals surface area (Å²) >= 11 is 0. The Labute approximate surface area is 140 Å². The van der Waals surface area contributed by atoms with Gasteiger partial charge in [0.05, 0.1) is 7.11 Å². The number of likely N-dealkylation sites (N-methyl/N-ethyl adjacent to an activating group) is 2. The second kappa shape index (κ2) is 5.74. The lowest BCUT2D eigenvalue weighted by atomic mass is 9.80. The van der Waals surface area contributed by atoms with Crippen LogP contribution in [-0.4, -0.2) is 54.6 Å². The van der Waals surface area contributed by atoms with Crippen LogP contribution in [0.5, 0.6) is 0 Å². The minimum Gasteiger partial charge on any atom is -0.496 e. The van der Waals surface area contributed by atoms with Crippen molar-refractivity contribution < 1.29 is 23.9 Å². The maximum Gasteiger partial charge on any atom is 0.333 e. The first-order valence-corrected chi connectivity index (χ1v) is 7.37. The molecule has 0 aromatic rings. The number of allylic oxidation sites excluding steroid dienone is 4. The third-order valence-corrected chi connectivity index (χ3v) is 3.99. The van der Waals surface area contributed by atoms with E-state index in [-0.39, 0.29) is 16.6 Å². The van der Waals surface area contributed by atoms with Crippen molar-refractivity contribution in [1.29, 1.82) is 0 Å². The number of hydrogen-bond donors (Lipinski definition) is 0. The van der Waals surface area contributed by atoms with Gasteiger partial charge in [0.2, 0.25) is 0 Å². The lowest BCUT2D eigenvalue weighted by Gasteiger charge is -2.31. The Morgan fingerprint density at radius 2 is 1.42 bits per heavy atom. The molecule has 24 heavy (non-hydrogen) atoms. The van der Waals surface area contributed by atoms with Crippen LogP contribution in [0.25, 0.3) is 0 Å². The fourth-order valence-electron chi connectivity index (χ4n) is 2.57. The van der Waals surface area contributed by atoms with Crippen LogP contribution in [-0.2, 0) is 19.1 Å². The molecule has 0 atom stereocenters. The fourth-order valence-corrected chi connectivity index (χ4v) is 2.57. The van der Waals surface area contributed by atoms with Gasteiger partial charge in [0.15, 0.2) is 5.78 Å². The SMILES string of the molecule is COC1=CC(=O)C(=C2C(=O)N(C)C(=O)N(C)C2=O)C=C1C(C)(C)C. The quantitative estimate of drug-likeness (QED) is 0.535. The average Bonchev–Trinajstić information content (AvgIpc) is 2.51. The van der Waals surface area contributed by atoms with Gasteiger partial charge in [-0.2, -0.15) is 0 Å². The molecule has 7 nitrogen and oxygen atoms in total. The second-order valence-corrected chi connectivity index (χ2v) is 6.68. The summed E-state index contributed by atoms with van der Waals surface area (Å²) in [6, 6.07) is -0.731. The number of nitrogens with zero attached hydrogens (tertiary/aromatic N) is 2. The van der Waals surface area contributed by atoms with Crippen LogP contribution >= 0.6 is 0 Å². The van der Waals surface area contributed by atoms with E-state index in [2.05, 4.69) is 0 Å². The lowest BCUT2D eigenvalue weighted by Crippen LogP contribution is -2.53. The summed E-state index contributed by atoms with van der Waals surface area (Å²) in [4.78, 5) is 50.7. The molecule has 4 amide bonds. The number of amides is 4. The molecule has 0 bridgehead atoms. The molecule has 2 rings (SSSR count). The van der Waals surface area contributed by atoms with Gasteiger partial charge < -0.3 is 4.74 Å². The number of urea groups is 1. The van der Waals surface area contributed by atoms with Gasteiger partial charge >= 0.3 is 6.03 Å². The van der Waals surface area contributed by atoms with Crippen molar-refractivity contribution >= 4 is 23.6 Å². The van der Waals surface area contributed by atoms with Gasteiger partial charge in [0.1, 0.15) is 11.3 Å². The molecule has 0 radical (unpaired) electrons. The average molecular weight is 332 g/mol. The number of rotatable bonds is 1. The molecule has 1 saturated heterocycles. The molecule has 0 spiro atoms. The minimum atomic E-state index is -0.787. The molecular weight excluding hydrogens is 312 g/mol. The van der Waals surface area contributed by atoms with Crippen LogP contribution in [0.3, 0.4) is 0 Å². The molecule has 1 heterocycles. The van der Waals surface area contributed by atoms with E-state index in [4.69, 9.17) is 4.74 Å². The predicted molar refractivity (Wildman–Crippen MR) is 85.6 cm³/mol. The van der Waals surface area contributed by atoms with Gasteiger partial charge in [-0.1, -0.05) is 20.8 Å². The maximum atomic E-state index is 12.4. The first kappa shape index (κ1) is 17.7. The normalized spacial score (nSPS) is 19.8. The van der Waals surface area contributed by atoms with Crippen LogP contribution in [0.1, 0.15) is 20.8 Å². The van der Waals surface area contributed by atoms with Crippen LogP contribution in [0.2, 0.25) is 0 Å². The Morgan fingerprint density at radius 3 is 1.83 bits per heavy atom. The molecule has 0 saturated carbocycles. The van der Waals surface area contributed by atoms with Crippen molar-refractivity contribution in [2.45, 2.75) is 20.8 Å². The third-order valence-electron chi connectivity index (χ3n) is 3.99. The molecule has 0 aromatic carbocycles. The molecule has 1 fully saturated rings. The van der Waals surface area contributed by atoms with Gasteiger partial charge in [-0.3, -0.25) is 24.2 Å². The Balaban J connectivity index is 2.71. The van der Waals surface area contributed by atoms with Crippen molar-refractivity contribution in [3.05, 3.63) is 34.6 Å². The number of imide groups is 2. The predicted octanol–water partition coefficient (Wildman–Crippen LogP) is 1.42. The first-order chi connectivity index (χ1) is 11.0. The number of barbiturate groups is 1. The minimum absolute atomic E-state index is 0.0260. The summed E-state index contributed by atoms with van der Waals surface area (Å²) in [6.45, 7) is 5.78.